The van der Waals surface area contributed by atoms with Gasteiger partial charge in [-0.2, -0.15) is 0 Å². The molecule has 5 aliphatic rings. The molecule has 0 aromatic rings. The van der Waals surface area contributed by atoms with Gasteiger partial charge in [-0.25, -0.2) is 0 Å². The summed E-state index contributed by atoms with van der Waals surface area (Å²) in [5, 5.41) is 0. The maximum Gasteiger partial charge on any atom is 0.0796 e. The Morgan fingerprint density at radius 1 is 1.00 bits per heavy atom. The van der Waals surface area contributed by atoms with E-state index in [1.54, 1.807) is 5.57 Å². The fourth-order valence-corrected chi connectivity index (χ4v) is 7.94. The van der Waals surface area contributed by atoms with Gasteiger partial charge in [0.05, 0.1) is 12.2 Å². The lowest BCUT2D eigenvalue weighted by molar-refractivity contribution is -0.0818. The van der Waals surface area contributed by atoms with Crippen LogP contribution in [-0.4, -0.2) is 12.2 Å². The summed E-state index contributed by atoms with van der Waals surface area (Å²) in [7, 11) is 0. The zero-order valence-electron chi connectivity index (χ0n) is 14.6. The van der Waals surface area contributed by atoms with E-state index in [2.05, 4.69) is 26.8 Å². The van der Waals surface area contributed by atoms with Crippen molar-refractivity contribution in [3.05, 3.63) is 11.6 Å². The molecule has 0 radical (unpaired) electrons. The second-order valence-corrected chi connectivity index (χ2v) is 9.64. The standard InChI is InChI=1S/C21H32O/c1-13-15-7-8-16-19-17(9-11-21(15,16)3)20(2)10-5-4-6-14(20)12-18(19)22-13/h12-13,15-19H,4-11H2,1-3H3/t13?,15-,16+,17+,18-,19+,20+,21-/m1/s1. The molecule has 5 rings (SSSR count). The number of ether oxygens (including phenoxy) is 1. The third-order valence-corrected chi connectivity index (χ3v) is 9.03. The fraction of sp³-hybridized carbons (Fsp3) is 0.905. The summed E-state index contributed by atoms with van der Waals surface area (Å²) >= 11 is 0. The Morgan fingerprint density at radius 3 is 2.68 bits per heavy atom. The van der Waals surface area contributed by atoms with Gasteiger partial charge in [0.1, 0.15) is 0 Å². The van der Waals surface area contributed by atoms with Crippen LogP contribution in [0.1, 0.15) is 72.1 Å². The van der Waals surface area contributed by atoms with E-state index in [9.17, 15) is 0 Å². The first-order chi connectivity index (χ1) is 10.5. The molecule has 0 aromatic heterocycles. The first kappa shape index (κ1) is 14.1. The van der Waals surface area contributed by atoms with Gasteiger partial charge in [0.25, 0.3) is 0 Å². The number of rotatable bonds is 0. The average Bonchev–Trinajstić information content (AvgIpc) is 2.81. The summed E-state index contributed by atoms with van der Waals surface area (Å²) in [4.78, 5) is 0. The van der Waals surface area contributed by atoms with Crippen molar-refractivity contribution in [1.82, 2.24) is 0 Å². The Balaban J connectivity index is 1.66. The van der Waals surface area contributed by atoms with Crippen LogP contribution in [0.5, 0.6) is 0 Å². The summed E-state index contributed by atoms with van der Waals surface area (Å²) in [5.74, 6) is 3.47. The fourth-order valence-electron chi connectivity index (χ4n) is 7.94. The smallest absolute Gasteiger partial charge is 0.0796 e. The molecule has 4 fully saturated rings. The maximum absolute atomic E-state index is 6.71. The summed E-state index contributed by atoms with van der Waals surface area (Å²) in [5.41, 5.74) is 2.86. The lowest BCUT2D eigenvalue weighted by Gasteiger charge is -2.58. The predicted octanol–water partition coefficient (Wildman–Crippen LogP) is 5.35. The van der Waals surface area contributed by atoms with Crippen LogP contribution >= 0.6 is 0 Å². The van der Waals surface area contributed by atoms with Crippen molar-refractivity contribution in [2.75, 3.05) is 0 Å². The quantitative estimate of drug-likeness (QED) is 0.548. The Labute approximate surface area is 135 Å². The van der Waals surface area contributed by atoms with Crippen LogP contribution in [0.3, 0.4) is 0 Å². The van der Waals surface area contributed by atoms with Crippen LogP contribution in [-0.2, 0) is 4.74 Å². The van der Waals surface area contributed by atoms with Crippen LogP contribution < -0.4 is 0 Å². The van der Waals surface area contributed by atoms with E-state index in [0.29, 0.717) is 23.0 Å². The Hall–Kier alpha value is -0.300. The molecular weight excluding hydrogens is 268 g/mol. The van der Waals surface area contributed by atoms with Crippen molar-refractivity contribution in [3.63, 3.8) is 0 Å². The summed E-state index contributed by atoms with van der Waals surface area (Å²) in [6, 6.07) is 0. The molecule has 1 aliphatic heterocycles. The van der Waals surface area contributed by atoms with Gasteiger partial charge in [-0.05, 0) is 86.4 Å². The van der Waals surface area contributed by atoms with Gasteiger partial charge in [0, 0.05) is 0 Å². The first-order valence-electron chi connectivity index (χ1n) is 9.91. The molecule has 0 aromatic carbocycles. The first-order valence-corrected chi connectivity index (χ1v) is 9.91. The third kappa shape index (κ3) is 1.55. The van der Waals surface area contributed by atoms with Gasteiger partial charge in [-0.3, -0.25) is 0 Å². The van der Waals surface area contributed by atoms with Crippen LogP contribution in [0.25, 0.3) is 0 Å². The normalized spacial score (nSPS) is 59.5. The minimum Gasteiger partial charge on any atom is -0.371 e. The lowest BCUT2D eigenvalue weighted by Crippen LogP contribution is -2.52. The highest BCUT2D eigenvalue weighted by molar-refractivity contribution is 5.28. The van der Waals surface area contributed by atoms with E-state index < -0.39 is 0 Å². The van der Waals surface area contributed by atoms with Crippen molar-refractivity contribution >= 4 is 0 Å². The highest BCUT2D eigenvalue weighted by Crippen LogP contribution is 2.68. The largest absolute Gasteiger partial charge is 0.371 e. The average molecular weight is 300 g/mol. The van der Waals surface area contributed by atoms with Gasteiger partial charge in [0.2, 0.25) is 0 Å². The summed E-state index contributed by atoms with van der Waals surface area (Å²) < 4.78 is 6.71. The zero-order valence-corrected chi connectivity index (χ0v) is 14.6. The zero-order chi connectivity index (χ0) is 15.1. The molecule has 1 saturated heterocycles. The number of hydrogen-bond donors (Lipinski definition) is 0. The van der Waals surface area contributed by atoms with Crippen LogP contribution in [0.2, 0.25) is 0 Å². The number of hydrogen-bond acceptors (Lipinski definition) is 1. The topological polar surface area (TPSA) is 9.23 Å². The molecule has 22 heavy (non-hydrogen) atoms. The van der Waals surface area contributed by atoms with E-state index >= 15 is 0 Å². The van der Waals surface area contributed by atoms with Crippen molar-refractivity contribution in [2.45, 2.75) is 84.3 Å². The molecule has 3 saturated carbocycles. The SMILES string of the molecule is CC1O[C@@H]2C=C3CCCC[C@]3(C)[C@H]3CC[C@]4(C)[C@@H]1CC[C@H]4[C@H]23. The Bertz CT molecular complexity index is 522. The van der Waals surface area contributed by atoms with E-state index in [4.69, 9.17) is 4.74 Å². The second-order valence-electron chi connectivity index (χ2n) is 9.64. The Morgan fingerprint density at radius 2 is 1.82 bits per heavy atom. The van der Waals surface area contributed by atoms with Gasteiger partial charge in [-0.1, -0.05) is 31.9 Å². The van der Waals surface area contributed by atoms with Gasteiger partial charge in [-0.15, -0.1) is 0 Å². The summed E-state index contributed by atoms with van der Waals surface area (Å²) in [6.45, 7) is 7.61. The molecule has 1 unspecified atom stereocenters. The third-order valence-electron chi connectivity index (χ3n) is 9.03. The molecule has 8 atom stereocenters. The monoisotopic (exact) mass is 300 g/mol. The predicted molar refractivity (Wildman–Crippen MR) is 89.5 cm³/mol. The van der Waals surface area contributed by atoms with E-state index in [0.717, 1.165) is 23.7 Å². The van der Waals surface area contributed by atoms with Gasteiger partial charge < -0.3 is 4.74 Å². The molecule has 0 spiro atoms. The van der Waals surface area contributed by atoms with Crippen LogP contribution in [0.4, 0.5) is 0 Å². The van der Waals surface area contributed by atoms with Gasteiger partial charge >= 0.3 is 0 Å². The van der Waals surface area contributed by atoms with E-state index in [1.165, 1.54) is 51.4 Å². The number of allylic oxidation sites excluding steroid dienone is 1. The molecule has 4 aliphatic carbocycles. The van der Waals surface area contributed by atoms with E-state index in [1.807, 2.05) is 0 Å². The Kier molecular flexibility index (Phi) is 2.82. The second kappa shape index (κ2) is 4.41. The van der Waals surface area contributed by atoms with Crippen molar-refractivity contribution in [2.24, 2.45) is 34.5 Å². The molecular formula is C21H32O. The van der Waals surface area contributed by atoms with Crippen molar-refractivity contribution in [1.29, 1.82) is 0 Å². The molecule has 0 amide bonds. The molecule has 1 heterocycles. The molecule has 122 valence electrons. The maximum atomic E-state index is 6.71. The molecule has 1 heteroatoms. The van der Waals surface area contributed by atoms with Crippen LogP contribution in [0, 0.1) is 34.5 Å². The highest BCUT2D eigenvalue weighted by Gasteiger charge is 2.63. The van der Waals surface area contributed by atoms with Crippen molar-refractivity contribution < 1.29 is 4.74 Å². The minimum atomic E-state index is 0.441. The lowest BCUT2D eigenvalue weighted by atomic mass is 9.47. The molecule has 4 bridgehead atoms. The molecule has 1 nitrogen and oxygen atoms in total. The van der Waals surface area contributed by atoms with Crippen LogP contribution in [0.15, 0.2) is 11.6 Å². The van der Waals surface area contributed by atoms with Crippen molar-refractivity contribution in [3.8, 4) is 0 Å². The molecule has 0 N–H and O–H groups in total. The summed E-state index contributed by atoms with van der Waals surface area (Å²) in [6.07, 6.45) is 15.0. The van der Waals surface area contributed by atoms with E-state index in [-0.39, 0.29) is 0 Å². The minimum absolute atomic E-state index is 0.441. The van der Waals surface area contributed by atoms with Gasteiger partial charge in [0.15, 0.2) is 0 Å². The highest BCUT2D eigenvalue weighted by atomic mass is 16.5. The number of fused-ring (bicyclic) bond motifs is 2.